The zero-order valence-corrected chi connectivity index (χ0v) is 20.3. The van der Waals surface area contributed by atoms with Crippen molar-refractivity contribution in [1.82, 2.24) is 19.5 Å². The zero-order valence-electron chi connectivity index (χ0n) is 19.6. The van der Waals surface area contributed by atoms with Gasteiger partial charge in [-0.25, -0.2) is 13.8 Å². The molecule has 0 spiro atoms. The number of aliphatic hydroxyl groups excluding tert-OH is 1. The number of aromatic nitrogens is 3. The molecule has 2 aromatic rings. The summed E-state index contributed by atoms with van der Waals surface area (Å²) >= 11 is 6.16. The maximum Gasteiger partial charge on any atom is 0.283 e. The van der Waals surface area contributed by atoms with E-state index in [9.17, 15) is 19.1 Å². The molecule has 36 heavy (non-hydrogen) atoms. The van der Waals surface area contributed by atoms with Crippen LogP contribution in [0.2, 0.25) is 0 Å². The summed E-state index contributed by atoms with van der Waals surface area (Å²) in [5.41, 5.74) is 1.92. The van der Waals surface area contributed by atoms with Crippen molar-refractivity contribution in [2.75, 3.05) is 37.6 Å². The number of anilines is 1. The number of nitrogens with zero attached hydrogens (tertiary/aromatic N) is 7. The van der Waals surface area contributed by atoms with Crippen LogP contribution < -0.4 is 4.90 Å². The van der Waals surface area contributed by atoms with E-state index >= 15 is 0 Å². The van der Waals surface area contributed by atoms with Crippen molar-refractivity contribution in [1.29, 1.82) is 5.26 Å². The van der Waals surface area contributed by atoms with E-state index in [1.54, 1.807) is 19.1 Å². The van der Waals surface area contributed by atoms with Gasteiger partial charge in [0.05, 0.1) is 17.5 Å². The summed E-state index contributed by atoms with van der Waals surface area (Å²) in [4.78, 5) is 13.1. The van der Waals surface area contributed by atoms with Gasteiger partial charge < -0.3 is 10.0 Å². The van der Waals surface area contributed by atoms with Crippen LogP contribution in [0.3, 0.4) is 0 Å². The van der Waals surface area contributed by atoms with Crippen molar-refractivity contribution in [2.45, 2.75) is 19.5 Å². The number of aryl methyl sites for hydroxylation is 1. The Morgan fingerprint density at radius 2 is 2.08 bits per heavy atom. The third-order valence-corrected chi connectivity index (χ3v) is 6.78. The SMILES string of the molecule is C=CN=C1C=C(Cl)C=C/C1=C\c1c(C)nc2c(C#N)c(C(F)F)nn2c1N1CC(CN2CC(O)C2)C1. The lowest BCUT2D eigenvalue weighted by molar-refractivity contribution is -0.00878. The molecule has 186 valence electrons. The average molecular weight is 512 g/mol. The van der Waals surface area contributed by atoms with E-state index in [1.165, 1.54) is 10.7 Å². The van der Waals surface area contributed by atoms with Crippen LogP contribution in [-0.2, 0) is 0 Å². The van der Waals surface area contributed by atoms with E-state index in [2.05, 4.69) is 31.5 Å². The van der Waals surface area contributed by atoms with Gasteiger partial charge in [-0.3, -0.25) is 9.89 Å². The number of aliphatic hydroxyl groups is 1. The Hall–Kier alpha value is -3.39. The largest absolute Gasteiger partial charge is 0.390 e. The predicted molar refractivity (Wildman–Crippen MR) is 134 cm³/mol. The number of alkyl halides is 2. The van der Waals surface area contributed by atoms with E-state index in [0.717, 1.165) is 12.1 Å². The second-order valence-corrected chi connectivity index (χ2v) is 9.58. The lowest BCUT2D eigenvalue weighted by Crippen LogP contribution is -2.58. The summed E-state index contributed by atoms with van der Waals surface area (Å²) in [7, 11) is 0. The molecule has 0 atom stereocenters. The van der Waals surface area contributed by atoms with Crippen molar-refractivity contribution in [3.8, 4) is 6.07 Å². The number of fused-ring (bicyclic) bond motifs is 1. The van der Waals surface area contributed by atoms with Crippen LogP contribution in [0.5, 0.6) is 0 Å². The molecular weight excluding hydrogens is 488 g/mol. The summed E-state index contributed by atoms with van der Waals surface area (Å²) < 4.78 is 28.9. The smallest absolute Gasteiger partial charge is 0.283 e. The Bertz CT molecular complexity index is 1390. The Balaban J connectivity index is 1.61. The average Bonchev–Trinajstić information content (AvgIpc) is 3.15. The molecule has 11 heteroatoms. The Morgan fingerprint density at radius 3 is 2.72 bits per heavy atom. The first-order valence-corrected chi connectivity index (χ1v) is 11.9. The van der Waals surface area contributed by atoms with E-state index in [-0.39, 0.29) is 17.3 Å². The minimum Gasteiger partial charge on any atom is -0.390 e. The maximum absolute atomic E-state index is 13.8. The van der Waals surface area contributed by atoms with Gasteiger partial charge in [0.15, 0.2) is 5.65 Å². The van der Waals surface area contributed by atoms with Gasteiger partial charge >= 0.3 is 0 Å². The molecular formula is C25H24ClF2N7O. The van der Waals surface area contributed by atoms with Gasteiger partial charge in [0, 0.05) is 61.0 Å². The maximum atomic E-state index is 13.8. The van der Waals surface area contributed by atoms with Gasteiger partial charge in [-0.05, 0) is 25.2 Å². The molecule has 2 saturated heterocycles. The Labute approximate surface area is 211 Å². The van der Waals surface area contributed by atoms with Gasteiger partial charge in [0.25, 0.3) is 6.43 Å². The fraction of sp³-hybridized carbons (Fsp3) is 0.360. The molecule has 0 unspecified atom stereocenters. The highest BCUT2D eigenvalue weighted by atomic mass is 35.5. The standard InChI is InChI=1S/C25H24ClF2N7O/c1-3-30-21-7-17(26)5-4-16(21)6-19-14(2)31-24-20(8-29)22(23(27)28)32-35(24)25(19)34-10-15(11-34)9-33-12-18(36)13-33/h3-7,15,18,23,36H,1,9-13H2,2H3/b16-6+,30-21?. The number of likely N-dealkylation sites (tertiary alicyclic amines) is 1. The third kappa shape index (κ3) is 4.34. The van der Waals surface area contributed by atoms with Crippen LogP contribution in [0, 0.1) is 24.2 Å². The molecule has 4 heterocycles. The predicted octanol–water partition coefficient (Wildman–Crippen LogP) is 3.62. The summed E-state index contributed by atoms with van der Waals surface area (Å²) in [5.74, 6) is 0.955. The topological polar surface area (TPSA) is 93.0 Å². The van der Waals surface area contributed by atoms with Crippen LogP contribution in [-0.4, -0.2) is 69.1 Å². The monoisotopic (exact) mass is 511 g/mol. The van der Waals surface area contributed by atoms with Crippen molar-refractivity contribution < 1.29 is 13.9 Å². The van der Waals surface area contributed by atoms with Crippen molar-refractivity contribution in [2.24, 2.45) is 10.9 Å². The van der Waals surface area contributed by atoms with Gasteiger partial charge in [-0.2, -0.15) is 14.9 Å². The van der Waals surface area contributed by atoms with Crippen molar-refractivity contribution in [3.63, 3.8) is 0 Å². The van der Waals surface area contributed by atoms with Crippen LogP contribution in [0.1, 0.15) is 28.9 Å². The molecule has 5 rings (SSSR count). The van der Waals surface area contributed by atoms with Gasteiger partial charge in [0.1, 0.15) is 23.1 Å². The minimum atomic E-state index is -2.90. The molecule has 1 aliphatic carbocycles. The normalized spacial score (nSPS) is 21.2. The summed E-state index contributed by atoms with van der Waals surface area (Å²) in [6.45, 7) is 9.01. The van der Waals surface area contributed by atoms with E-state index < -0.39 is 12.1 Å². The van der Waals surface area contributed by atoms with E-state index in [1.807, 2.05) is 18.2 Å². The molecule has 0 bridgehead atoms. The number of β-amino-alcohol motifs (C(OH)–C–C–N with tert-alkyl or cyclic N) is 1. The van der Waals surface area contributed by atoms with Crippen LogP contribution >= 0.6 is 11.6 Å². The van der Waals surface area contributed by atoms with Crippen LogP contribution in [0.4, 0.5) is 14.6 Å². The second-order valence-electron chi connectivity index (χ2n) is 9.15. The number of allylic oxidation sites excluding steroid dienone is 5. The first kappa shape index (κ1) is 24.3. The number of hydrogen-bond donors (Lipinski definition) is 1. The van der Waals surface area contributed by atoms with Crippen molar-refractivity contribution >= 4 is 34.9 Å². The number of nitriles is 1. The minimum absolute atomic E-state index is 0.110. The molecule has 0 saturated carbocycles. The molecule has 3 aliphatic rings. The lowest BCUT2D eigenvalue weighted by atomic mass is 9.95. The van der Waals surface area contributed by atoms with Gasteiger partial charge in [-0.15, -0.1) is 0 Å². The molecule has 0 aromatic carbocycles. The van der Waals surface area contributed by atoms with Crippen LogP contribution in [0.15, 0.2) is 46.6 Å². The van der Waals surface area contributed by atoms with E-state index in [4.69, 9.17) is 11.6 Å². The van der Waals surface area contributed by atoms with Crippen molar-refractivity contribution in [3.05, 3.63) is 64.1 Å². The summed E-state index contributed by atoms with van der Waals surface area (Å²) in [6, 6.07) is 1.86. The number of hydrogen-bond acceptors (Lipinski definition) is 7. The molecule has 0 radical (unpaired) electrons. The Kier molecular flexibility index (Phi) is 6.47. The number of aliphatic imine (C=N–C) groups is 1. The first-order chi connectivity index (χ1) is 17.3. The highest BCUT2D eigenvalue weighted by Gasteiger charge is 2.36. The lowest BCUT2D eigenvalue weighted by Gasteiger charge is -2.46. The highest BCUT2D eigenvalue weighted by molar-refractivity contribution is 6.35. The summed E-state index contributed by atoms with van der Waals surface area (Å²) in [6.07, 6.45) is 5.42. The zero-order chi connectivity index (χ0) is 25.6. The molecule has 8 nitrogen and oxygen atoms in total. The summed E-state index contributed by atoms with van der Waals surface area (Å²) in [5, 5.41) is 23.8. The Morgan fingerprint density at radius 1 is 1.33 bits per heavy atom. The number of halogens is 3. The fourth-order valence-corrected chi connectivity index (χ4v) is 4.99. The molecule has 2 aromatic heterocycles. The van der Waals surface area contributed by atoms with Gasteiger partial charge in [0.2, 0.25) is 0 Å². The van der Waals surface area contributed by atoms with Gasteiger partial charge in [-0.1, -0.05) is 24.3 Å². The molecule has 2 aliphatic heterocycles. The highest BCUT2D eigenvalue weighted by Crippen LogP contribution is 2.36. The molecule has 2 fully saturated rings. The van der Waals surface area contributed by atoms with E-state index in [0.29, 0.717) is 59.9 Å². The van der Waals surface area contributed by atoms with Crippen LogP contribution in [0.25, 0.3) is 11.7 Å². The molecule has 0 amide bonds. The second kappa shape index (κ2) is 9.58. The third-order valence-electron chi connectivity index (χ3n) is 6.55. The molecule has 1 N–H and O–H groups in total. The first-order valence-electron chi connectivity index (χ1n) is 11.5. The fourth-order valence-electron chi connectivity index (χ4n) is 4.82. The quantitative estimate of drug-likeness (QED) is 0.637. The number of rotatable bonds is 6.